The second kappa shape index (κ2) is 8.10. The third-order valence-electron chi connectivity index (χ3n) is 4.26. The molecule has 0 fully saturated rings. The highest BCUT2D eigenvalue weighted by Gasteiger charge is 2.18. The summed E-state index contributed by atoms with van der Waals surface area (Å²) in [4.78, 5) is 11.7. The molecule has 0 amide bonds. The Hall–Kier alpha value is -3.05. The van der Waals surface area contributed by atoms with Crippen molar-refractivity contribution in [1.82, 2.24) is 0 Å². The van der Waals surface area contributed by atoms with E-state index in [0.29, 0.717) is 11.5 Å². The largest absolute Gasteiger partial charge is 0.496 e. The minimum atomic E-state index is -0.794. The predicted octanol–water partition coefficient (Wildman–Crippen LogP) is 3.86. The molecule has 0 spiro atoms. The van der Waals surface area contributed by atoms with Crippen molar-refractivity contribution in [2.75, 3.05) is 20.3 Å². The number of hydrogen-bond donors (Lipinski definition) is 1. The second-order valence-corrected chi connectivity index (χ2v) is 6.29. The van der Waals surface area contributed by atoms with Crippen molar-refractivity contribution in [2.45, 2.75) is 13.0 Å². The van der Waals surface area contributed by atoms with Gasteiger partial charge in [-0.15, -0.1) is 0 Å². The summed E-state index contributed by atoms with van der Waals surface area (Å²) in [6, 6.07) is 15.7. The van der Waals surface area contributed by atoms with E-state index in [1.807, 2.05) is 42.5 Å². The lowest BCUT2D eigenvalue weighted by atomic mass is 10.0. The zero-order chi connectivity index (χ0) is 19.4. The maximum Gasteiger partial charge on any atom is 0.333 e. The molecule has 3 rings (SSSR count). The maximum atomic E-state index is 11.7. The van der Waals surface area contributed by atoms with E-state index in [0.717, 1.165) is 21.5 Å². The number of carbonyl (C=O) groups excluding carboxylic acids is 1. The van der Waals surface area contributed by atoms with Crippen molar-refractivity contribution >= 4 is 27.5 Å². The topological polar surface area (TPSA) is 65.0 Å². The SMILES string of the molecule is C=C(C)C(=O)OC(CO)COc1c2ccccc2cc2cccc(OC)c12. The van der Waals surface area contributed by atoms with Crippen LogP contribution >= 0.6 is 0 Å². The number of methoxy groups -OCH3 is 1. The number of hydrogen-bond acceptors (Lipinski definition) is 5. The van der Waals surface area contributed by atoms with Crippen LogP contribution in [0.4, 0.5) is 0 Å². The average Bonchev–Trinajstić information content (AvgIpc) is 2.69. The van der Waals surface area contributed by atoms with E-state index in [1.165, 1.54) is 0 Å². The molecular formula is C22H22O5. The van der Waals surface area contributed by atoms with Crippen LogP contribution < -0.4 is 9.47 Å². The minimum Gasteiger partial charge on any atom is -0.496 e. The molecule has 5 heteroatoms. The van der Waals surface area contributed by atoms with Gasteiger partial charge < -0.3 is 19.3 Å². The van der Waals surface area contributed by atoms with Crippen LogP contribution in [0.25, 0.3) is 21.5 Å². The molecule has 0 aliphatic carbocycles. The summed E-state index contributed by atoms with van der Waals surface area (Å²) in [6.07, 6.45) is -0.794. The molecule has 0 aromatic heterocycles. The zero-order valence-corrected chi connectivity index (χ0v) is 15.4. The molecule has 0 aliphatic heterocycles. The smallest absolute Gasteiger partial charge is 0.333 e. The number of carbonyl (C=O) groups is 1. The maximum absolute atomic E-state index is 11.7. The van der Waals surface area contributed by atoms with Crippen LogP contribution in [0, 0.1) is 0 Å². The second-order valence-electron chi connectivity index (χ2n) is 6.29. The van der Waals surface area contributed by atoms with E-state index in [-0.39, 0.29) is 18.8 Å². The summed E-state index contributed by atoms with van der Waals surface area (Å²) < 4.78 is 16.8. The summed E-state index contributed by atoms with van der Waals surface area (Å²) in [5.41, 5.74) is 0.269. The van der Waals surface area contributed by atoms with E-state index < -0.39 is 12.1 Å². The van der Waals surface area contributed by atoms with Crippen LogP contribution in [0.15, 0.2) is 60.7 Å². The molecule has 27 heavy (non-hydrogen) atoms. The Kier molecular flexibility index (Phi) is 5.62. The fourth-order valence-corrected chi connectivity index (χ4v) is 2.92. The van der Waals surface area contributed by atoms with Gasteiger partial charge in [-0.25, -0.2) is 4.79 Å². The molecule has 5 nitrogen and oxygen atoms in total. The highest BCUT2D eigenvalue weighted by atomic mass is 16.6. The third kappa shape index (κ3) is 3.88. The van der Waals surface area contributed by atoms with E-state index in [4.69, 9.17) is 14.2 Å². The molecule has 0 saturated carbocycles. The Morgan fingerprint density at radius 3 is 2.59 bits per heavy atom. The average molecular weight is 366 g/mol. The monoisotopic (exact) mass is 366 g/mol. The fraction of sp³-hybridized carbons (Fsp3) is 0.227. The van der Waals surface area contributed by atoms with Gasteiger partial charge in [0.15, 0.2) is 6.10 Å². The first-order valence-electron chi connectivity index (χ1n) is 8.63. The summed E-state index contributed by atoms with van der Waals surface area (Å²) >= 11 is 0. The third-order valence-corrected chi connectivity index (χ3v) is 4.26. The molecule has 3 aromatic carbocycles. The number of esters is 1. The van der Waals surface area contributed by atoms with Crippen LogP contribution in [-0.2, 0) is 9.53 Å². The van der Waals surface area contributed by atoms with Crippen molar-refractivity contribution in [3.8, 4) is 11.5 Å². The molecule has 0 saturated heterocycles. The van der Waals surface area contributed by atoms with E-state index in [1.54, 1.807) is 14.0 Å². The molecule has 1 atom stereocenters. The molecule has 0 bridgehead atoms. The van der Waals surface area contributed by atoms with E-state index in [9.17, 15) is 9.90 Å². The van der Waals surface area contributed by atoms with Gasteiger partial charge >= 0.3 is 5.97 Å². The van der Waals surface area contributed by atoms with Crippen LogP contribution in [0.2, 0.25) is 0 Å². The van der Waals surface area contributed by atoms with Gasteiger partial charge in [0.2, 0.25) is 0 Å². The number of benzene rings is 3. The normalized spacial score (nSPS) is 12.0. The van der Waals surface area contributed by atoms with Gasteiger partial charge in [0.25, 0.3) is 0 Å². The van der Waals surface area contributed by atoms with Crippen LogP contribution in [-0.4, -0.2) is 37.5 Å². The molecule has 0 heterocycles. The lowest BCUT2D eigenvalue weighted by Crippen LogP contribution is -2.28. The summed E-state index contributed by atoms with van der Waals surface area (Å²) in [6.45, 7) is 4.77. The number of aliphatic hydroxyl groups excluding tert-OH is 1. The Bertz CT molecular complexity index is 993. The molecule has 140 valence electrons. The Morgan fingerprint density at radius 2 is 1.89 bits per heavy atom. The summed E-state index contributed by atoms with van der Waals surface area (Å²) in [5, 5.41) is 13.3. The van der Waals surface area contributed by atoms with Gasteiger partial charge in [0.1, 0.15) is 18.1 Å². The van der Waals surface area contributed by atoms with Crippen molar-refractivity contribution in [1.29, 1.82) is 0 Å². The minimum absolute atomic E-state index is 0.0106. The number of fused-ring (bicyclic) bond motifs is 2. The number of aliphatic hydroxyl groups is 1. The van der Waals surface area contributed by atoms with Crippen molar-refractivity contribution in [2.24, 2.45) is 0 Å². The Labute approximate surface area is 157 Å². The highest BCUT2D eigenvalue weighted by molar-refractivity contribution is 6.07. The van der Waals surface area contributed by atoms with Crippen LogP contribution in [0.3, 0.4) is 0 Å². The van der Waals surface area contributed by atoms with E-state index in [2.05, 4.69) is 12.6 Å². The highest BCUT2D eigenvalue weighted by Crippen LogP contribution is 2.40. The number of rotatable bonds is 7. The van der Waals surface area contributed by atoms with Gasteiger partial charge in [-0.1, -0.05) is 43.0 Å². The first kappa shape index (κ1) is 18.7. The van der Waals surface area contributed by atoms with Crippen molar-refractivity contribution in [3.05, 3.63) is 60.7 Å². The molecule has 1 unspecified atom stereocenters. The van der Waals surface area contributed by atoms with E-state index >= 15 is 0 Å². The van der Waals surface area contributed by atoms with Crippen molar-refractivity contribution < 1.29 is 24.1 Å². The number of ether oxygens (including phenoxy) is 3. The first-order valence-corrected chi connectivity index (χ1v) is 8.63. The predicted molar refractivity (Wildman–Crippen MR) is 105 cm³/mol. The molecular weight excluding hydrogens is 344 g/mol. The molecule has 1 N–H and O–H groups in total. The lowest BCUT2D eigenvalue weighted by Gasteiger charge is -2.19. The molecule has 0 aliphatic rings. The van der Waals surface area contributed by atoms with Gasteiger partial charge in [0.05, 0.1) is 19.1 Å². The zero-order valence-electron chi connectivity index (χ0n) is 15.4. The van der Waals surface area contributed by atoms with Crippen molar-refractivity contribution in [3.63, 3.8) is 0 Å². The lowest BCUT2D eigenvalue weighted by molar-refractivity contribution is -0.147. The van der Waals surface area contributed by atoms with Crippen LogP contribution in [0.5, 0.6) is 11.5 Å². The van der Waals surface area contributed by atoms with Gasteiger partial charge in [-0.05, 0) is 29.8 Å². The Balaban J connectivity index is 2.02. The standard InChI is InChI=1S/C22H22O5/c1-14(2)22(24)27-17(12-23)13-26-21-18-9-5-4-7-15(18)11-16-8-6-10-19(25-3)20(16)21/h4-11,17,23H,1,12-13H2,2-3H3. The first-order chi connectivity index (χ1) is 13.0. The quantitative estimate of drug-likeness (QED) is 0.391. The summed E-state index contributed by atoms with van der Waals surface area (Å²) in [7, 11) is 1.61. The summed E-state index contributed by atoms with van der Waals surface area (Å²) in [5.74, 6) is 0.760. The fourth-order valence-electron chi connectivity index (χ4n) is 2.92. The molecule has 0 radical (unpaired) electrons. The van der Waals surface area contributed by atoms with Gasteiger partial charge in [-0.3, -0.25) is 0 Å². The van der Waals surface area contributed by atoms with Gasteiger partial charge in [0, 0.05) is 11.0 Å². The Morgan fingerprint density at radius 1 is 1.15 bits per heavy atom. The van der Waals surface area contributed by atoms with Crippen LogP contribution in [0.1, 0.15) is 6.92 Å². The van der Waals surface area contributed by atoms with Gasteiger partial charge in [-0.2, -0.15) is 0 Å². The molecule has 3 aromatic rings.